The number of hydrogen-bond donors (Lipinski definition) is 1. The summed E-state index contributed by atoms with van der Waals surface area (Å²) in [5, 5.41) is 9.90. The van der Waals surface area contributed by atoms with Crippen LogP contribution in [-0.2, 0) is 6.54 Å². The lowest BCUT2D eigenvalue weighted by Gasteiger charge is -2.32. The van der Waals surface area contributed by atoms with Crippen LogP contribution in [0.1, 0.15) is 54.7 Å². The maximum absolute atomic E-state index is 12.7. The van der Waals surface area contributed by atoms with Crippen molar-refractivity contribution in [2.45, 2.75) is 45.1 Å². The molecule has 1 amide bonds. The van der Waals surface area contributed by atoms with Crippen LogP contribution in [0, 0.1) is 0 Å². The molecule has 6 nitrogen and oxygen atoms in total. The molecule has 3 rings (SSSR count). The van der Waals surface area contributed by atoms with Crippen LogP contribution in [0.15, 0.2) is 30.6 Å². The third-order valence-electron chi connectivity index (χ3n) is 5.07. The Morgan fingerprint density at radius 2 is 2.12 bits per heavy atom. The van der Waals surface area contributed by atoms with Crippen molar-refractivity contribution < 1.29 is 14.6 Å². The summed E-state index contributed by atoms with van der Waals surface area (Å²) < 4.78 is 7.29. The number of carbonyl (C=O) groups excluding carboxylic acids is 1. The van der Waals surface area contributed by atoms with Gasteiger partial charge < -0.3 is 19.3 Å². The number of unbranched alkanes of at least 4 members (excludes halogenated alkanes) is 1. The van der Waals surface area contributed by atoms with E-state index in [-0.39, 0.29) is 11.7 Å². The van der Waals surface area contributed by atoms with Crippen molar-refractivity contribution >= 4 is 5.91 Å². The van der Waals surface area contributed by atoms with Crippen molar-refractivity contribution in [3.05, 3.63) is 42.0 Å². The average Bonchev–Trinajstić information content (AvgIpc) is 3.14. The van der Waals surface area contributed by atoms with Crippen LogP contribution >= 0.6 is 0 Å². The molecule has 2 heterocycles. The molecule has 26 heavy (non-hydrogen) atoms. The van der Waals surface area contributed by atoms with Crippen LogP contribution in [-0.4, -0.2) is 45.7 Å². The van der Waals surface area contributed by atoms with Gasteiger partial charge in [-0.3, -0.25) is 4.79 Å². The molecule has 140 valence electrons. The normalized spacial score (nSPS) is 15.2. The number of phenolic OH excluding ortho intramolecular Hbond substituents is 1. The molecular formula is C20H27N3O3. The number of hydrogen-bond acceptors (Lipinski definition) is 4. The SMILES string of the molecule is CCCCn1ccnc1C1CCN(C(=O)c2ccc(OC)c(O)c2)CC1. The van der Waals surface area contributed by atoms with E-state index >= 15 is 0 Å². The fourth-order valence-electron chi connectivity index (χ4n) is 3.54. The first kappa shape index (κ1) is 18.3. The predicted molar refractivity (Wildman–Crippen MR) is 99.7 cm³/mol. The van der Waals surface area contributed by atoms with Crippen LogP contribution < -0.4 is 4.74 Å². The van der Waals surface area contributed by atoms with Gasteiger partial charge >= 0.3 is 0 Å². The van der Waals surface area contributed by atoms with Crippen molar-refractivity contribution in [3.63, 3.8) is 0 Å². The highest BCUT2D eigenvalue weighted by molar-refractivity contribution is 5.95. The second-order valence-electron chi connectivity index (χ2n) is 6.79. The second kappa shape index (κ2) is 8.25. The van der Waals surface area contributed by atoms with Crippen LogP contribution in [0.4, 0.5) is 0 Å². The van der Waals surface area contributed by atoms with Crippen LogP contribution in [0.2, 0.25) is 0 Å². The summed E-state index contributed by atoms with van der Waals surface area (Å²) in [5.74, 6) is 1.86. The van der Waals surface area contributed by atoms with Gasteiger partial charge in [0.25, 0.3) is 5.91 Å². The van der Waals surface area contributed by atoms with E-state index < -0.39 is 0 Å². The Balaban J connectivity index is 1.62. The van der Waals surface area contributed by atoms with Gasteiger partial charge in [-0.2, -0.15) is 0 Å². The fraction of sp³-hybridized carbons (Fsp3) is 0.500. The van der Waals surface area contributed by atoms with Gasteiger partial charge in [0.2, 0.25) is 0 Å². The van der Waals surface area contributed by atoms with Crippen molar-refractivity contribution in [2.24, 2.45) is 0 Å². The van der Waals surface area contributed by atoms with Crippen molar-refractivity contribution in [2.75, 3.05) is 20.2 Å². The summed E-state index contributed by atoms with van der Waals surface area (Å²) in [5.41, 5.74) is 0.492. The standard InChI is InChI=1S/C20H27N3O3/c1-3-4-10-22-13-9-21-19(22)15-7-11-23(12-8-15)20(25)16-5-6-18(26-2)17(24)14-16/h5-6,9,13-15,24H,3-4,7-8,10-12H2,1-2H3. The van der Waals surface area contributed by atoms with Gasteiger partial charge in [-0.05, 0) is 37.5 Å². The Hall–Kier alpha value is -2.50. The van der Waals surface area contributed by atoms with Gasteiger partial charge in [0.15, 0.2) is 11.5 Å². The number of aryl methyl sites for hydroxylation is 1. The molecule has 0 spiro atoms. The number of benzene rings is 1. The van der Waals surface area contributed by atoms with E-state index in [2.05, 4.69) is 22.7 Å². The number of phenols is 1. The molecule has 2 aromatic rings. The fourth-order valence-corrected chi connectivity index (χ4v) is 3.54. The number of aromatic hydroxyl groups is 1. The van der Waals surface area contributed by atoms with E-state index in [9.17, 15) is 9.90 Å². The smallest absolute Gasteiger partial charge is 0.253 e. The molecule has 0 unspecified atom stereocenters. The minimum atomic E-state index is -0.0456. The number of piperidine rings is 1. The molecule has 1 aromatic carbocycles. The van der Waals surface area contributed by atoms with E-state index in [0.29, 0.717) is 30.3 Å². The molecule has 1 saturated heterocycles. The van der Waals surface area contributed by atoms with Crippen LogP contribution in [0.5, 0.6) is 11.5 Å². The zero-order valence-corrected chi connectivity index (χ0v) is 15.5. The Morgan fingerprint density at radius 3 is 2.77 bits per heavy atom. The first-order valence-electron chi connectivity index (χ1n) is 9.31. The Kier molecular flexibility index (Phi) is 5.81. The highest BCUT2D eigenvalue weighted by atomic mass is 16.5. The van der Waals surface area contributed by atoms with Gasteiger partial charge in [-0.1, -0.05) is 13.3 Å². The minimum Gasteiger partial charge on any atom is -0.504 e. The monoisotopic (exact) mass is 357 g/mol. The maximum atomic E-state index is 12.7. The predicted octanol–water partition coefficient (Wildman–Crippen LogP) is 3.42. The van der Waals surface area contributed by atoms with Crippen molar-refractivity contribution in [1.82, 2.24) is 14.5 Å². The minimum absolute atomic E-state index is 0.00816. The zero-order valence-electron chi connectivity index (χ0n) is 15.5. The van der Waals surface area contributed by atoms with Gasteiger partial charge in [0.05, 0.1) is 7.11 Å². The van der Waals surface area contributed by atoms with Gasteiger partial charge in [-0.15, -0.1) is 0 Å². The molecule has 1 N–H and O–H groups in total. The first-order chi connectivity index (χ1) is 12.6. The number of ether oxygens (including phenoxy) is 1. The Morgan fingerprint density at radius 1 is 1.35 bits per heavy atom. The molecule has 1 aliphatic rings. The van der Waals surface area contributed by atoms with Crippen molar-refractivity contribution in [1.29, 1.82) is 0 Å². The molecule has 0 saturated carbocycles. The van der Waals surface area contributed by atoms with E-state index in [1.165, 1.54) is 19.6 Å². The number of carbonyl (C=O) groups is 1. The molecule has 1 aliphatic heterocycles. The highest BCUT2D eigenvalue weighted by Crippen LogP contribution is 2.30. The summed E-state index contributed by atoms with van der Waals surface area (Å²) in [6, 6.07) is 4.80. The summed E-state index contributed by atoms with van der Waals surface area (Å²) in [6.07, 6.45) is 8.08. The average molecular weight is 357 g/mol. The second-order valence-corrected chi connectivity index (χ2v) is 6.79. The third kappa shape index (κ3) is 3.84. The quantitative estimate of drug-likeness (QED) is 0.860. The number of methoxy groups -OCH3 is 1. The molecule has 1 aromatic heterocycles. The summed E-state index contributed by atoms with van der Waals surface area (Å²) in [7, 11) is 1.49. The molecule has 0 atom stereocenters. The van der Waals surface area contributed by atoms with E-state index in [0.717, 1.165) is 31.6 Å². The third-order valence-corrected chi connectivity index (χ3v) is 5.07. The lowest BCUT2D eigenvalue weighted by atomic mass is 9.95. The summed E-state index contributed by atoms with van der Waals surface area (Å²) in [4.78, 5) is 19.1. The number of rotatable bonds is 6. The van der Waals surface area contributed by atoms with Crippen LogP contribution in [0.25, 0.3) is 0 Å². The zero-order chi connectivity index (χ0) is 18.5. The molecule has 0 aliphatic carbocycles. The van der Waals surface area contributed by atoms with Gasteiger partial charge in [0.1, 0.15) is 5.82 Å². The summed E-state index contributed by atoms with van der Waals surface area (Å²) >= 11 is 0. The molecule has 1 fully saturated rings. The van der Waals surface area contributed by atoms with Crippen molar-refractivity contribution in [3.8, 4) is 11.5 Å². The lowest BCUT2D eigenvalue weighted by molar-refractivity contribution is 0.0710. The largest absolute Gasteiger partial charge is 0.504 e. The van der Waals surface area contributed by atoms with E-state index in [1.807, 2.05) is 11.1 Å². The number of likely N-dealkylation sites (tertiary alicyclic amines) is 1. The molecular weight excluding hydrogens is 330 g/mol. The number of amides is 1. The lowest BCUT2D eigenvalue weighted by Crippen LogP contribution is -2.38. The number of imidazole rings is 1. The molecule has 6 heteroatoms. The number of aromatic nitrogens is 2. The Bertz CT molecular complexity index is 749. The van der Waals surface area contributed by atoms with Gasteiger partial charge in [-0.25, -0.2) is 4.98 Å². The summed E-state index contributed by atoms with van der Waals surface area (Å²) in [6.45, 7) is 4.61. The van der Waals surface area contributed by atoms with E-state index in [4.69, 9.17) is 4.74 Å². The Labute approximate surface area is 154 Å². The van der Waals surface area contributed by atoms with Crippen LogP contribution in [0.3, 0.4) is 0 Å². The van der Waals surface area contributed by atoms with Gasteiger partial charge in [0, 0.05) is 43.5 Å². The molecule has 0 radical (unpaired) electrons. The topological polar surface area (TPSA) is 67.6 Å². The molecule has 0 bridgehead atoms. The number of nitrogens with zero attached hydrogens (tertiary/aromatic N) is 3. The van der Waals surface area contributed by atoms with E-state index in [1.54, 1.807) is 12.1 Å². The maximum Gasteiger partial charge on any atom is 0.253 e. The highest BCUT2D eigenvalue weighted by Gasteiger charge is 2.27. The first-order valence-corrected chi connectivity index (χ1v) is 9.31.